The van der Waals surface area contributed by atoms with Gasteiger partial charge in [-0.2, -0.15) is 0 Å². The molecule has 3 N–H and O–H groups in total. The Morgan fingerprint density at radius 1 is 1.42 bits per heavy atom. The standard InChI is InChI=1S/C16H14N4O4S2/c1-19-9-5-3-2-4-8(9)18-13(19)7-11-14(22)20(16(25)26-11)10(15(23)24)6-12(17)21/h2-5,7,10H,6H2,1H3,(H2,17,21)(H,23,24)/b11-7+/t10-/m0/s1. The van der Waals surface area contributed by atoms with Gasteiger partial charge in [-0.3, -0.25) is 14.5 Å². The summed E-state index contributed by atoms with van der Waals surface area (Å²) in [6, 6.07) is 6.07. The molecule has 0 radical (unpaired) electrons. The topological polar surface area (TPSA) is 119 Å². The lowest BCUT2D eigenvalue weighted by Gasteiger charge is -2.21. The summed E-state index contributed by atoms with van der Waals surface area (Å²) in [5.74, 6) is -2.22. The van der Waals surface area contributed by atoms with E-state index in [1.807, 2.05) is 35.9 Å². The molecule has 0 bridgehead atoms. The van der Waals surface area contributed by atoms with Crippen molar-refractivity contribution in [3.8, 4) is 0 Å². The molecule has 26 heavy (non-hydrogen) atoms. The van der Waals surface area contributed by atoms with E-state index in [2.05, 4.69) is 4.98 Å². The monoisotopic (exact) mass is 390 g/mol. The second-order valence-corrected chi connectivity index (χ2v) is 7.27. The molecule has 0 unspecified atom stereocenters. The van der Waals surface area contributed by atoms with Crippen LogP contribution in [0.2, 0.25) is 0 Å². The molecule has 2 aromatic rings. The highest BCUT2D eigenvalue weighted by molar-refractivity contribution is 8.26. The molecule has 1 aliphatic rings. The van der Waals surface area contributed by atoms with Crippen molar-refractivity contribution < 1.29 is 19.5 Å². The predicted molar refractivity (Wildman–Crippen MR) is 101 cm³/mol. The van der Waals surface area contributed by atoms with E-state index in [9.17, 15) is 19.5 Å². The van der Waals surface area contributed by atoms with Crippen molar-refractivity contribution in [2.75, 3.05) is 0 Å². The molecular formula is C16H14N4O4S2. The van der Waals surface area contributed by atoms with E-state index >= 15 is 0 Å². The normalized spacial score (nSPS) is 17.3. The number of carbonyl (C=O) groups excluding carboxylic acids is 2. The van der Waals surface area contributed by atoms with Gasteiger partial charge in [0.05, 0.1) is 22.4 Å². The quantitative estimate of drug-likeness (QED) is 0.580. The number of primary amides is 1. The first-order chi connectivity index (χ1) is 12.3. The zero-order chi connectivity index (χ0) is 19.0. The van der Waals surface area contributed by atoms with Crippen molar-refractivity contribution in [3.63, 3.8) is 0 Å². The molecule has 134 valence electrons. The zero-order valence-electron chi connectivity index (χ0n) is 13.6. The SMILES string of the molecule is Cn1c(/C=C2/SC(=S)N([C@@H](CC(N)=O)C(=O)O)C2=O)nc2ccccc21. The van der Waals surface area contributed by atoms with Crippen LogP contribution in [0, 0.1) is 0 Å². The molecule has 8 nitrogen and oxygen atoms in total. The van der Waals surface area contributed by atoms with Crippen LogP contribution in [0.5, 0.6) is 0 Å². The summed E-state index contributed by atoms with van der Waals surface area (Å²) in [5.41, 5.74) is 6.76. The molecule has 1 aromatic heterocycles. The van der Waals surface area contributed by atoms with Crippen LogP contribution in [0.1, 0.15) is 12.2 Å². The van der Waals surface area contributed by atoms with Crippen molar-refractivity contribution in [2.45, 2.75) is 12.5 Å². The average molecular weight is 390 g/mol. The minimum atomic E-state index is -1.42. The van der Waals surface area contributed by atoms with E-state index in [1.165, 1.54) is 0 Å². The van der Waals surface area contributed by atoms with Crippen LogP contribution in [0.25, 0.3) is 17.1 Å². The maximum Gasteiger partial charge on any atom is 0.327 e. The number of rotatable bonds is 5. The van der Waals surface area contributed by atoms with E-state index in [0.717, 1.165) is 27.7 Å². The number of carboxylic acid groups (broad SMARTS) is 1. The van der Waals surface area contributed by atoms with Crippen LogP contribution in [0.15, 0.2) is 29.2 Å². The molecule has 1 saturated heterocycles. The molecule has 0 spiro atoms. The highest BCUT2D eigenvalue weighted by Gasteiger charge is 2.41. The lowest BCUT2D eigenvalue weighted by molar-refractivity contribution is -0.146. The largest absolute Gasteiger partial charge is 0.480 e. The summed E-state index contributed by atoms with van der Waals surface area (Å²) < 4.78 is 1.88. The Hall–Kier alpha value is -2.72. The summed E-state index contributed by atoms with van der Waals surface area (Å²) >= 11 is 6.11. The summed E-state index contributed by atoms with van der Waals surface area (Å²) in [4.78, 5) is 40.9. The Morgan fingerprint density at radius 2 is 2.12 bits per heavy atom. The Labute approximate surface area is 157 Å². The Morgan fingerprint density at radius 3 is 2.73 bits per heavy atom. The van der Waals surface area contributed by atoms with Crippen molar-refractivity contribution in [2.24, 2.45) is 12.8 Å². The predicted octanol–water partition coefficient (Wildman–Crippen LogP) is 1.10. The third-order valence-corrected chi connectivity index (χ3v) is 5.23. The lowest BCUT2D eigenvalue weighted by Crippen LogP contribution is -2.46. The number of amides is 2. The fourth-order valence-electron chi connectivity index (χ4n) is 2.64. The first-order valence-corrected chi connectivity index (χ1v) is 8.71. The van der Waals surface area contributed by atoms with Gasteiger partial charge in [-0.25, -0.2) is 9.78 Å². The number of aliphatic carboxylic acids is 1. The van der Waals surface area contributed by atoms with Crippen LogP contribution in [-0.2, 0) is 21.4 Å². The Bertz CT molecular complexity index is 982. The van der Waals surface area contributed by atoms with Crippen molar-refractivity contribution >= 4 is 63.2 Å². The van der Waals surface area contributed by atoms with Crippen LogP contribution in [-0.4, -0.2) is 47.7 Å². The van der Waals surface area contributed by atoms with Crippen LogP contribution in [0.4, 0.5) is 0 Å². The number of carbonyl (C=O) groups is 3. The number of thiocarbonyl (C=S) groups is 1. The molecule has 1 atom stereocenters. The maximum atomic E-state index is 12.7. The first-order valence-electron chi connectivity index (χ1n) is 7.49. The molecule has 0 aliphatic carbocycles. The van der Waals surface area contributed by atoms with Gasteiger partial charge in [-0.05, 0) is 12.1 Å². The van der Waals surface area contributed by atoms with Crippen molar-refractivity contribution in [3.05, 3.63) is 35.0 Å². The summed E-state index contributed by atoms with van der Waals surface area (Å²) in [6.07, 6.45) is 1.05. The highest BCUT2D eigenvalue weighted by atomic mass is 32.2. The minimum Gasteiger partial charge on any atom is -0.480 e. The van der Waals surface area contributed by atoms with Gasteiger partial charge in [-0.15, -0.1) is 0 Å². The molecule has 3 rings (SSSR count). The number of imidazole rings is 1. The third-order valence-electron chi connectivity index (χ3n) is 3.90. The number of nitrogens with zero attached hydrogens (tertiary/aromatic N) is 3. The zero-order valence-corrected chi connectivity index (χ0v) is 15.2. The fraction of sp³-hybridized carbons (Fsp3) is 0.188. The number of para-hydroxylation sites is 2. The molecule has 10 heteroatoms. The van der Waals surface area contributed by atoms with Crippen molar-refractivity contribution in [1.29, 1.82) is 0 Å². The average Bonchev–Trinajstić information content (AvgIpc) is 3.03. The lowest BCUT2D eigenvalue weighted by atomic mass is 10.1. The number of aromatic nitrogens is 2. The Balaban J connectivity index is 1.97. The van der Waals surface area contributed by atoms with Crippen LogP contribution in [0.3, 0.4) is 0 Å². The molecule has 2 heterocycles. The molecule has 1 aromatic carbocycles. The molecular weight excluding hydrogens is 376 g/mol. The number of carboxylic acids is 1. The highest BCUT2D eigenvalue weighted by Crippen LogP contribution is 2.34. The van der Waals surface area contributed by atoms with E-state index in [4.69, 9.17) is 18.0 Å². The number of hydrogen-bond donors (Lipinski definition) is 2. The number of aryl methyl sites for hydroxylation is 1. The summed E-state index contributed by atoms with van der Waals surface area (Å²) in [6.45, 7) is 0. The maximum absolute atomic E-state index is 12.7. The van der Waals surface area contributed by atoms with Gasteiger partial charge in [0.2, 0.25) is 5.91 Å². The Kier molecular flexibility index (Phi) is 4.79. The van der Waals surface area contributed by atoms with E-state index in [1.54, 1.807) is 6.08 Å². The van der Waals surface area contributed by atoms with Gasteiger partial charge in [0.1, 0.15) is 16.2 Å². The van der Waals surface area contributed by atoms with Gasteiger partial charge in [0.15, 0.2) is 0 Å². The molecule has 0 saturated carbocycles. The fourth-order valence-corrected chi connectivity index (χ4v) is 3.96. The number of fused-ring (bicyclic) bond motifs is 1. The van der Waals surface area contributed by atoms with Gasteiger partial charge < -0.3 is 15.4 Å². The minimum absolute atomic E-state index is 0.0636. The van der Waals surface area contributed by atoms with E-state index < -0.39 is 30.2 Å². The van der Waals surface area contributed by atoms with E-state index in [0.29, 0.717) is 5.82 Å². The number of thioether (sulfide) groups is 1. The van der Waals surface area contributed by atoms with Gasteiger partial charge in [0, 0.05) is 13.1 Å². The van der Waals surface area contributed by atoms with Gasteiger partial charge in [-0.1, -0.05) is 36.1 Å². The molecule has 1 aliphatic heterocycles. The second-order valence-electron chi connectivity index (χ2n) is 5.59. The smallest absolute Gasteiger partial charge is 0.327 e. The molecule has 2 amide bonds. The van der Waals surface area contributed by atoms with Crippen LogP contribution >= 0.6 is 24.0 Å². The summed E-state index contributed by atoms with van der Waals surface area (Å²) in [5, 5.41) is 9.33. The first kappa shape index (κ1) is 18.1. The van der Waals surface area contributed by atoms with Gasteiger partial charge in [0.25, 0.3) is 5.91 Å². The second kappa shape index (κ2) is 6.89. The van der Waals surface area contributed by atoms with E-state index in [-0.39, 0.29) is 9.23 Å². The third kappa shape index (κ3) is 3.20. The number of nitrogens with two attached hydrogens (primary N) is 1. The van der Waals surface area contributed by atoms with Crippen LogP contribution < -0.4 is 5.73 Å². The molecule has 1 fully saturated rings. The summed E-state index contributed by atoms with van der Waals surface area (Å²) in [7, 11) is 1.81. The number of benzene rings is 1. The number of hydrogen-bond acceptors (Lipinski definition) is 6. The van der Waals surface area contributed by atoms with Gasteiger partial charge >= 0.3 is 5.97 Å². The van der Waals surface area contributed by atoms with Crippen molar-refractivity contribution in [1.82, 2.24) is 14.5 Å².